The summed E-state index contributed by atoms with van der Waals surface area (Å²) in [6.45, 7) is 0. The van der Waals surface area contributed by atoms with Crippen LogP contribution in [0.15, 0.2) is 6.20 Å². The molecule has 0 atom stereocenters. The molecule has 15 heavy (non-hydrogen) atoms. The molecular weight excluding hydrogens is 224 g/mol. The van der Waals surface area contributed by atoms with E-state index in [1.165, 1.54) is 0 Å². The molecule has 0 saturated carbocycles. The minimum absolute atomic E-state index is 0.0634. The zero-order chi connectivity index (χ0) is 11.4. The number of hydrogen-bond acceptors (Lipinski definition) is 3. The molecule has 0 N–H and O–H groups in total. The maximum Gasteiger partial charge on any atom is 0.266 e. The molecule has 0 bridgehead atoms. The highest BCUT2D eigenvalue weighted by Gasteiger charge is 2.20. The van der Waals surface area contributed by atoms with Gasteiger partial charge in [-0.05, 0) is 0 Å². The van der Waals surface area contributed by atoms with E-state index in [9.17, 15) is 8.78 Å². The van der Waals surface area contributed by atoms with Crippen molar-refractivity contribution >= 4 is 11.6 Å². The molecule has 1 rings (SSSR count). The van der Waals surface area contributed by atoms with Crippen molar-refractivity contribution in [3.63, 3.8) is 0 Å². The van der Waals surface area contributed by atoms with E-state index >= 15 is 0 Å². The van der Waals surface area contributed by atoms with Crippen LogP contribution < -0.4 is 0 Å². The van der Waals surface area contributed by atoms with Crippen LogP contribution >= 0.6 is 11.6 Å². The van der Waals surface area contributed by atoms with Crippen LogP contribution in [0.3, 0.4) is 0 Å². The Morgan fingerprint density at radius 3 is 2.60 bits per heavy atom. The Balaban J connectivity index is 3.39. The average molecular weight is 228 g/mol. The molecule has 76 valence electrons. The van der Waals surface area contributed by atoms with E-state index in [0.717, 1.165) is 6.20 Å². The monoisotopic (exact) mass is 227 g/mol. The predicted molar refractivity (Wildman–Crippen MR) is 48.2 cm³/mol. The van der Waals surface area contributed by atoms with Crippen molar-refractivity contribution in [2.24, 2.45) is 0 Å². The molecule has 1 aromatic heterocycles. The number of nitriles is 2. The molecule has 0 saturated heterocycles. The van der Waals surface area contributed by atoms with E-state index in [4.69, 9.17) is 22.1 Å². The van der Waals surface area contributed by atoms with Crippen LogP contribution in [0.25, 0.3) is 0 Å². The standard InChI is InChI=1S/C9H4ClF2N3/c10-8-6(1-2-13)15-4-5(3-14)7(8)9(11)12/h4,9H,1H2. The van der Waals surface area contributed by atoms with Gasteiger partial charge in [0, 0.05) is 6.20 Å². The maximum absolute atomic E-state index is 12.5. The summed E-state index contributed by atoms with van der Waals surface area (Å²) >= 11 is 5.62. The van der Waals surface area contributed by atoms with Gasteiger partial charge in [0.25, 0.3) is 6.43 Å². The predicted octanol–water partition coefficient (Wildman–Crippen LogP) is 2.61. The zero-order valence-electron chi connectivity index (χ0n) is 7.34. The quantitative estimate of drug-likeness (QED) is 0.780. The van der Waals surface area contributed by atoms with Crippen LogP contribution in [0, 0.1) is 22.7 Å². The van der Waals surface area contributed by atoms with Gasteiger partial charge in [-0.2, -0.15) is 10.5 Å². The van der Waals surface area contributed by atoms with Gasteiger partial charge in [0.2, 0.25) is 0 Å². The van der Waals surface area contributed by atoms with E-state index in [2.05, 4.69) is 4.98 Å². The lowest BCUT2D eigenvalue weighted by molar-refractivity contribution is 0.151. The molecule has 0 aliphatic carbocycles. The lowest BCUT2D eigenvalue weighted by Crippen LogP contribution is -1.99. The molecule has 0 aromatic carbocycles. The summed E-state index contributed by atoms with van der Waals surface area (Å²) in [4.78, 5) is 3.67. The van der Waals surface area contributed by atoms with Crippen molar-refractivity contribution in [1.82, 2.24) is 4.98 Å². The Morgan fingerprint density at radius 2 is 2.13 bits per heavy atom. The smallest absolute Gasteiger partial charge is 0.257 e. The summed E-state index contributed by atoms with van der Waals surface area (Å²) in [6.07, 6.45) is -2.02. The third-order valence-corrected chi connectivity index (χ3v) is 2.14. The van der Waals surface area contributed by atoms with Crippen LogP contribution in [0.1, 0.15) is 23.2 Å². The molecule has 0 fully saturated rings. The highest BCUT2D eigenvalue weighted by molar-refractivity contribution is 6.32. The fourth-order valence-electron chi connectivity index (χ4n) is 1.04. The normalized spacial score (nSPS) is 9.73. The fraction of sp³-hybridized carbons (Fsp3) is 0.222. The van der Waals surface area contributed by atoms with Gasteiger partial charge in [0.1, 0.15) is 6.07 Å². The van der Waals surface area contributed by atoms with Crippen molar-refractivity contribution in [3.05, 3.63) is 28.0 Å². The minimum Gasteiger partial charge on any atom is -0.257 e. The van der Waals surface area contributed by atoms with E-state index in [-0.39, 0.29) is 22.7 Å². The highest BCUT2D eigenvalue weighted by atomic mass is 35.5. The summed E-state index contributed by atoms with van der Waals surface area (Å²) < 4.78 is 25.1. The summed E-state index contributed by atoms with van der Waals surface area (Å²) in [5.74, 6) is 0. The minimum atomic E-state index is -2.85. The van der Waals surface area contributed by atoms with Crippen LogP contribution in [-0.4, -0.2) is 4.98 Å². The molecule has 0 amide bonds. The Bertz CT molecular complexity index is 460. The van der Waals surface area contributed by atoms with Crippen molar-refractivity contribution in [2.75, 3.05) is 0 Å². The lowest BCUT2D eigenvalue weighted by atomic mass is 10.1. The van der Waals surface area contributed by atoms with E-state index < -0.39 is 12.0 Å². The van der Waals surface area contributed by atoms with Crippen LogP contribution in [-0.2, 0) is 6.42 Å². The Kier molecular flexibility index (Phi) is 3.54. The van der Waals surface area contributed by atoms with Crippen LogP contribution in [0.5, 0.6) is 0 Å². The second-order valence-corrected chi connectivity index (χ2v) is 2.97. The molecule has 0 unspecified atom stereocenters. The van der Waals surface area contributed by atoms with Crippen LogP contribution in [0.4, 0.5) is 8.78 Å². The van der Waals surface area contributed by atoms with Gasteiger partial charge in [-0.1, -0.05) is 11.6 Å². The van der Waals surface area contributed by atoms with Gasteiger partial charge in [0.05, 0.1) is 34.3 Å². The summed E-state index contributed by atoms with van der Waals surface area (Å²) in [6, 6.07) is 3.33. The maximum atomic E-state index is 12.5. The summed E-state index contributed by atoms with van der Waals surface area (Å²) in [7, 11) is 0. The van der Waals surface area contributed by atoms with Gasteiger partial charge < -0.3 is 0 Å². The number of halogens is 3. The first-order valence-corrected chi connectivity index (χ1v) is 4.22. The number of pyridine rings is 1. The third kappa shape index (κ3) is 2.20. The van der Waals surface area contributed by atoms with Gasteiger partial charge in [-0.15, -0.1) is 0 Å². The molecule has 1 aromatic rings. The van der Waals surface area contributed by atoms with Gasteiger partial charge in [0.15, 0.2) is 0 Å². The molecule has 0 radical (unpaired) electrons. The fourth-order valence-corrected chi connectivity index (χ4v) is 1.34. The first-order chi connectivity index (χ1) is 7.11. The zero-order valence-corrected chi connectivity index (χ0v) is 8.09. The summed E-state index contributed by atoms with van der Waals surface area (Å²) in [5, 5.41) is 16.7. The number of alkyl halides is 2. The molecule has 1 heterocycles. The van der Waals surface area contributed by atoms with Gasteiger partial charge in [-0.25, -0.2) is 8.78 Å². The largest absolute Gasteiger partial charge is 0.266 e. The second-order valence-electron chi connectivity index (χ2n) is 2.59. The van der Waals surface area contributed by atoms with Crippen molar-refractivity contribution in [1.29, 1.82) is 10.5 Å². The first-order valence-electron chi connectivity index (χ1n) is 3.84. The Labute approximate surface area is 89.5 Å². The van der Waals surface area contributed by atoms with Gasteiger partial charge >= 0.3 is 0 Å². The number of nitrogens with zero attached hydrogens (tertiary/aromatic N) is 3. The molecule has 3 nitrogen and oxygen atoms in total. The number of hydrogen-bond donors (Lipinski definition) is 0. The summed E-state index contributed by atoms with van der Waals surface area (Å²) in [5.41, 5.74) is -0.760. The molecule has 0 aliphatic heterocycles. The molecular formula is C9H4ClF2N3. The Hall–Kier alpha value is -1.72. The Morgan fingerprint density at radius 1 is 1.47 bits per heavy atom. The van der Waals surface area contributed by atoms with E-state index in [0.29, 0.717) is 0 Å². The van der Waals surface area contributed by atoms with Crippen LogP contribution in [0.2, 0.25) is 5.02 Å². The van der Waals surface area contributed by atoms with Crippen molar-refractivity contribution < 1.29 is 8.78 Å². The third-order valence-electron chi connectivity index (χ3n) is 1.71. The van der Waals surface area contributed by atoms with Crippen molar-refractivity contribution in [2.45, 2.75) is 12.8 Å². The second kappa shape index (κ2) is 4.68. The molecule has 6 heteroatoms. The van der Waals surface area contributed by atoms with E-state index in [1.807, 2.05) is 0 Å². The molecule has 0 aliphatic rings. The van der Waals surface area contributed by atoms with Gasteiger partial charge in [-0.3, -0.25) is 4.98 Å². The van der Waals surface area contributed by atoms with Crippen molar-refractivity contribution in [3.8, 4) is 12.1 Å². The lowest BCUT2D eigenvalue weighted by Gasteiger charge is -2.07. The van der Waals surface area contributed by atoms with E-state index in [1.54, 1.807) is 12.1 Å². The first kappa shape index (κ1) is 11.4. The average Bonchev–Trinajstić information content (AvgIpc) is 2.20. The molecule has 0 spiro atoms. The number of rotatable bonds is 2. The highest BCUT2D eigenvalue weighted by Crippen LogP contribution is 2.31. The topological polar surface area (TPSA) is 60.5 Å². The SMILES string of the molecule is N#CCc1ncc(C#N)c(C(F)F)c1Cl. The number of aromatic nitrogens is 1.